The van der Waals surface area contributed by atoms with Crippen molar-refractivity contribution < 1.29 is 4.79 Å². The van der Waals surface area contributed by atoms with Gasteiger partial charge in [0.15, 0.2) is 0 Å². The minimum Gasteiger partial charge on any atom is -0.326 e. The third-order valence-electron chi connectivity index (χ3n) is 2.39. The summed E-state index contributed by atoms with van der Waals surface area (Å²) in [6, 6.07) is 6.34. The van der Waals surface area contributed by atoms with Crippen LogP contribution in [0.1, 0.15) is 23.6 Å². The van der Waals surface area contributed by atoms with Gasteiger partial charge in [0, 0.05) is 18.2 Å². The van der Waals surface area contributed by atoms with Gasteiger partial charge < -0.3 is 5.32 Å². The van der Waals surface area contributed by atoms with Crippen molar-refractivity contribution in [3.8, 4) is 0 Å². The fourth-order valence-electron chi connectivity index (χ4n) is 1.75. The second-order valence-corrected chi connectivity index (χ2v) is 3.66. The van der Waals surface area contributed by atoms with Crippen LogP contribution in [0.4, 0.5) is 0 Å². The summed E-state index contributed by atoms with van der Waals surface area (Å²) in [4.78, 5) is 10.9. The number of aryl methyl sites for hydroxylation is 1. The lowest BCUT2D eigenvalue weighted by molar-refractivity contribution is -0.117. The first-order chi connectivity index (χ1) is 6.66. The highest BCUT2D eigenvalue weighted by atomic mass is 16.1. The van der Waals surface area contributed by atoms with E-state index >= 15 is 0 Å². The Hall–Kier alpha value is -1.57. The highest BCUT2D eigenvalue weighted by Crippen LogP contribution is 2.26. The van der Waals surface area contributed by atoms with Gasteiger partial charge in [0.05, 0.1) is 0 Å². The number of amides is 1. The lowest BCUT2D eigenvalue weighted by Gasteiger charge is -2.06. The van der Waals surface area contributed by atoms with Gasteiger partial charge in [-0.15, -0.1) is 0 Å². The smallest absolute Gasteiger partial charge is 0.221 e. The Morgan fingerprint density at radius 3 is 2.93 bits per heavy atom. The Morgan fingerprint density at radius 2 is 2.21 bits per heavy atom. The first kappa shape index (κ1) is 9.00. The molecule has 0 saturated carbocycles. The van der Waals surface area contributed by atoms with E-state index in [-0.39, 0.29) is 5.91 Å². The molecule has 1 aliphatic rings. The van der Waals surface area contributed by atoms with E-state index in [4.69, 9.17) is 0 Å². The van der Waals surface area contributed by atoms with Gasteiger partial charge in [-0.25, -0.2) is 0 Å². The van der Waals surface area contributed by atoms with Crippen LogP contribution in [0.5, 0.6) is 0 Å². The number of fused-ring (bicyclic) bond motifs is 1. The van der Waals surface area contributed by atoms with Gasteiger partial charge in [0.2, 0.25) is 5.91 Å². The number of hydrogen-bond acceptors (Lipinski definition) is 1. The van der Waals surface area contributed by atoms with Crippen molar-refractivity contribution in [3.63, 3.8) is 0 Å². The lowest BCUT2D eigenvalue weighted by Crippen LogP contribution is -2.17. The Balaban J connectivity index is 2.35. The molecule has 0 bridgehead atoms. The monoisotopic (exact) mass is 187 g/mol. The van der Waals surface area contributed by atoms with Crippen LogP contribution in [0.25, 0.3) is 5.70 Å². The molecule has 1 amide bonds. The number of allylic oxidation sites excluding steroid dienone is 1. The number of carbonyl (C=O) groups excluding carboxylic acids is 1. The maximum absolute atomic E-state index is 10.9. The standard InChI is InChI=1S/C12H13NO/c1-8-3-4-10-5-6-12(11(10)7-8)13-9(2)14/h3-4,6-7H,5H2,1-2H3,(H,13,14). The molecule has 2 nitrogen and oxygen atoms in total. The number of benzene rings is 1. The van der Waals surface area contributed by atoms with Crippen molar-refractivity contribution in [3.05, 3.63) is 41.0 Å². The third kappa shape index (κ3) is 1.55. The van der Waals surface area contributed by atoms with Gasteiger partial charge in [-0.2, -0.15) is 0 Å². The molecule has 1 aromatic rings. The molecule has 0 heterocycles. The van der Waals surface area contributed by atoms with E-state index in [0.29, 0.717) is 0 Å². The second kappa shape index (κ2) is 3.29. The van der Waals surface area contributed by atoms with Crippen molar-refractivity contribution in [1.82, 2.24) is 5.32 Å². The molecular formula is C12H13NO. The molecule has 14 heavy (non-hydrogen) atoms. The highest BCUT2D eigenvalue weighted by Gasteiger charge is 2.14. The summed E-state index contributed by atoms with van der Waals surface area (Å²) in [5.41, 5.74) is 4.64. The first-order valence-electron chi connectivity index (χ1n) is 4.74. The molecular weight excluding hydrogens is 174 g/mol. The summed E-state index contributed by atoms with van der Waals surface area (Å²) in [6.07, 6.45) is 2.98. The normalized spacial score (nSPS) is 13.4. The van der Waals surface area contributed by atoms with Crippen LogP contribution < -0.4 is 5.32 Å². The maximum Gasteiger partial charge on any atom is 0.221 e. The van der Waals surface area contributed by atoms with E-state index in [9.17, 15) is 4.79 Å². The molecule has 2 heteroatoms. The predicted octanol–water partition coefficient (Wildman–Crippen LogP) is 2.03. The van der Waals surface area contributed by atoms with Crippen LogP contribution in [0.2, 0.25) is 0 Å². The minimum absolute atomic E-state index is 0.00870. The molecule has 0 radical (unpaired) electrons. The van der Waals surface area contributed by atoms with Crippen molar-refractivity contribution in [2.75, 3.05) is 0 Å². The van der Waals surface area contributed by atoms with Crippen molar-refractivity contribution in [2.45, 2.75) is 20.3 Å². The zero-order valence-corrected chi connectivity index (χ0v) is 8.42. The predicted molar refractivity (Wildman–Crippen MR) is 56.7 cm³/mol. The quantitative estimate of drug-likeness (QED) is 0.716. The Kier molecular flexibility index (Phi) is 2.12. The van der Waals surface area contributed by atoms with E-state index < -0.39 is 0 Å². The third-order valence-corrected chi connectivity index (χ3v) is 2.39. The Labute approximate surface area is 83.6 Å². The maximum atomic E-state index is 10.9. The molecule has 1 N–H and O–H groups in total. The van der Waals surface area contributed by atoms with Crippen molar-refractivity contribution in [2.24, 2.45) is 0 Å². The average Bonchev–Trinajstić information content (AvgIpc) is 2.47. The van der Waals surface area contributed by atoms with E-state index in [1.165, 1.54) is 23.6 Å². The van der Waals surface area contributed by atoms with E-state index in [2.05, 4.69) is 36.5 Å². The number of rotatable bonds is 1. The van der Waals surface area contributed by atoms with Crippen LogP contribution in [0.3, 0.4) is 0 Å². The second-order valence-electron chi connectivity index (χ2n) is 3.66. The van der Waals surface area contributed by atoms with Gasteiger partial charge in [-0.05, 0) is 25.0 Å². The van der Waals surface area contributed by atoms with Crippen LogP contribution >= 0.6 is 0 Å². The molecule has 0 aliphatic heterocycles. The molecule has 0 fully saturated rings. The molecule has 1 aliphatic carbocycles. The summed E-state index contributed by atoms with van der Waals surface area (Å²) in [5.74, 6) is -0.00870. The summed E-state index contributed by atoms with van der Waals surface area (Å²) < 4.78 is 0. The number of nitrogens with one attached hydrogen (secondary N) is 1. The largest absolute Gasteiger partial charge is 0.326 e. The highest BCUT2D eigenvalue weighted by molar-refractivity contribution is 5.87. The van der Waals surface area contributed by atoms with Crippen LogP contribution in [0, 0.1) is 6.92 Å². The molecule has 72 valence electrons. The SMILES string of the molecule is CC(=O)NC1=CCc2ccc(C)cc21. The number of carbonyl (C=O) groups is 1. The van der Waals surface area contributed by atoms with Gasteiger partial charge in [-0.3, -0.25) is 4.79 Å². The van der Waals surface area contributed by atoms with Crippen LogP contribution in [-0.2, 0) is 11.2 Å². The number of hydrogen-bond donors (Lipinski definition) is 1. The van der Waals surface area contributed by atoms with Gasteiger partial charge in [0.1, 0.15) is 0 Å². The summed E-state index contributed by atoms with van der Waals surface area (Å²) in [7, 11) is 0. The minimum atomic E-state index is -0.00870. The van der Waals surface area contributed by atoms with E-state index in [0.717, 1.165) is 12.1 Å². The van der Waals surface area contributed by atoms with Gasteiger partial charge in [-0.1, -0.05) is 23.8 Å². The first-order valence-corrected chi connectivity index (χ1v) is 4.74. The summed E-state index contributed by atoms with van der Waals surface area (Å²) in [5, 5.41) is 2.85. The summed E-state index contributed by atoms with van der Waals surface area (Å²) >= 11 is 0. The zero-order chi connectivity index (χ0) is 10.1. The molecule has 0 spiro atoms. The lowest BCUT2D eigenvalue weighted by atomic mass is 10.1. The molecule has 1 aromatic carbocycles. The molecule has 2 rings (SSSR count). The average molecular weight is 187 g/mol. The summed E-state index contributed by atoms with van der Waals surface area (Å²) in [6.45, 7) is 3.60. The topological polar surface area (TPSA) is 29.1 Å². The van der Waals surface area contributed by atoms with Crippen molar-refractivity contribution >= 4 is 11.6 Å². The van der Waals surface area contributed by atoms with Gasteiger partial charge >= 0.3 is 0 Å². The Bertz CT molecular complexity index is 418. The van der Waals surface area contributed by atoms with E-state index in [1.54, 1.807) is 0 Å². The van der Waals surface area contributed by atoms with E-state index in [1.807, 2.05) is 0 Å². The van der Waals surface area contributed by atoms with Gasteiger partial charge in [0.25, 0.3) is 0 Å². The fourth-order valence-corrected chi connectivity index (χ4v) is 1.75. The van der Waals surface area contributed by atoms with Crippen molar-refractivity contribution in [1.29, 1.82) is 0 Å². The molecule has 0 aromatic heterocycles. The fraction of sp³-hybridized carbons (Fsp3) is 0.250. The van der Waals surface area contributed by atoms with Crippen LogP contribution in [0.15, 0.2) is 24.3 Å². The zero-order valence-electron chi connectivity index (χ0n) is 8.42. The Morgan fingerprint density at radius 1 is 1.43 bits per heavy atom. The molecule has 0 saturated heterocycles. The molecule has 0 unspecified atom stereocenters. The van der Waals surface area contributed by atoms with Crippen LogP contribution in [-0.4, -0.2) is 5.91 Å². The molecule has 0 atom stereocenters.